The molecule has 4 aromatic heterocycles. The summed E-state index contributed by atoms with van der Waals surface area (Å²) < 4.78 is 0. The predicted molar refractivity (Wildman–Crippen MR) is 191 cm³/mol. The molecule has 4 aromatic carbocycles. The Labute approximate surface area is 278 Å². The fraction of sp³-hybridized carbons (Fsp3) is 0. The third-order valence-electron chi connectivity index (χ3n) is 8.08. The van der Waals surface area contributed by atoms with Crippen LogP contribution in [0.2, 0.25) is 0 Å². The first-order chi connectivity index (χ1) is 23.8. The molecule has 4 heterocycles. The lowest BCUT2D eigenvalue weighted by Crippen LogP contribution is -2.00. The van der Waals surface area contributed by atoms with Gasteiger partial charge in [0.1, 0.15) is 0 Å². The molecule has 0 radical (unpaired) electrons. The van der Waals surface area contributed by atoms with Crippen LogP contribution in [0.15, 0.2) is 170 Å². The first kappa shape index (κ1) is 28.8. The average molecular weight is 617 g/mol. The summed E-state index contributed by atoms with van der Waals surface area (Å²) in [6, 6.07) is 51.1. The number of nitrogens with zero attached hydrogens (tertiary/aromatic N) is 6. The van der Waals surface area contributed by atoms with E-state index in [-0.39, 0.29) is 0 Å². The highest BCUT2D eigenvalue weighted by Gasteiger charge is 2.14. The van der Waals surface area contributed by atoms with Gasteiger partial charge in [-0.15, -0.1) is 0 Å². The minimum atomic E-state index is 0.622. The second-order valence-electron chi connectivity index (χ2n) is 11.3. The molecular formula is C42H28N6. The number of hydrogen-bond donors (Lipinski definition) is 0. The molecule has 0 aliphatic carbocycles. The average Bonchev–Trinajstić information content (AvgIpc) is 3.19. The van der Waals surface area contributed by atoms with E-state index in [2.05, 4.69) is 70.6 Å². The van der Waals surface area contributed by atoms with Crippen molar-refractivity contribution >= 4 is 0 Å². The van der Waals surface area contributed by atoms with Crippen molar-refractivity contribution in [2.24, 2.45) is 0 Å². The van der Waals surface area contributed by atoms with Crippen molar-refractivity contribution in [2.75, 3.05) is 0 Å². The Morgan fingerprint density at radius 3 is 1.38 bits per heavy atom. The minimum Gasteiger partial charge on any atom is -0.265 e. The second-order valence-corrected chi connectivity index (χ2v) is 11.3. The summed E-state index contributed by atoms with van der Waals surface area (Å²) in [6.07, 6.45) is 5.37. The molecule has 0 aliphatic heterocycles. The number of rotatable bonds is 7. The van der Waals surface area contributed by atoms with Gasteiger partial charge in [-0.2, -0.15) is 0 Å². The predicted octanol–water partition coefficient (Wildman–Crippen LogP) is 9.73. The van der Waals surface area contributed by atoms with E-state index >= 15 is 0 Å². The Morgan fingerprint density at radius 1 is 0.271 bits per heavy atom. The van der Waals surface area contributed by atoms with E-state index in [1.54, 1.807) is 18.6 Å². The molecule has 0 spiro atoms. The van der Waals surface area contributed by atoms with Gasteiger partial charge in [0.05, 0.1) is 17.1 Å². The van der Waals surface area contributed by atoms with Crippen LogP contribution in [-0.2, 0) is 0 Å². The van der Waals surface area contributed by atoms with Crippen molar-refractivity contribution in [3.63, 3.8) is 0 Å². The summed E-state index contributed by atoms with van der Waals surface area (Å²) in [5, 5.41) is 0. The second kappa shape index (κ2) is 13.0. The van der Waals surface area contributed by atoms with E-state index in [0.717, 1.165) is 61.6 Å². The Hall–Kier alpha value is -6.66. The highest BCUT2D eigenvalue weighted by molar-refractivity contribution is 5.80. The van der Waals surface area contributed by atoms with Crippen LogP contribution in [0.4, 0.5) is 0 Å². The third-order valence-corrected chi connectivity index (χ3v) is 8.08. The smallest absolute Gasteiger partial charge is 0.164 e. The van der Waals surface area contributed by atoms with Crippen molar-refractivity contribution in [3.8, 4) is 79.1 Å². The van der Waals surface area contributed by atoms with Gasteiger partial charge in [0.25, 0.3) is 0 Å². The SMILES string of the molecule is c1ccc(-c2nc(-c3ccccc3)nc(-c3cccc(-c4cccc(-c5cc(-c6ccncc6)nc(-c6ccccn6)c5)c4)c3)n2)cc1. The summed E-state index contributed by atoms with van der Waals surface area (Å²) in [6.45, 7) is 0. The summed E-state index contributed by atoms with van der Waals surface area (Å²) >= 11 is 0. The van der Waals surface area contributed by atoms with Crippen LogP contribution in [0.3, 0.4) is 0 Å². The van der Waals surface area contributed by atoms with E-state index in [9.17, 15) is 0 Å². The van der Waals surface area contributed by atoms with Gasteiger partial charge < -0.3 is 0 Å². The number of benzene rings is 4. The van der Waals surface area contributed by atoms with E-state index in [1.165, 1.54) is 0 Å². The molecule has 48 heavy (non-hydrogen) atoms. The number of pyridine rings is 3. The molecule has 0 saturated heterocycles. The first-order valence-corrected chi connectivity index (χ1v) is 15.7. The van der Waals surface area contributed by atoms with Crippen LogP contribution in [0.5, 0.6) is 0 Å². The maximum Gasteiger partial charge on any atom is 0.164 e. The highest BCUT2D eigenvalue weighted by atomic mass is 15.0. The highest BCUT2D eigenvalue weighted by Crippen LogP contribution is 2.33. The zero-order valence-electron chi connectivity index (χ0n) is 25.8. The maximum atomic E-state index is 4.97. The molecule has 0 aliphatic rings. The first-order valence-electron chi connectivity index (χ1n) is 15.7. The van der Waals surface area contributed by atoms with Crippen molar-refractivity contribution < 1.29 is 0 Å². The molecule has 6 nitrogen and oxygen atoms in total. The van der Waals surface area contributed by atoms with E-state index in [1.807, 2.05) is 91.0 Å². The lowest BCUT2D eigenvalue weighted by atomic mass is 9.96. The topological polar surface area (TPSA) is 77.3 Å². The largest absolute Gasteiger partial charge is 0.265 e. The van der Waals surface area contributed by atoms with Crippen LogP contribution in [0.25, 0.3) is 79.1 Å². The zero-order chi connectivity index (χ0) is 32.1. The van der Waals surface area contributed by atoms with Crippen LogP contribution >= 0.6 is 0 Å². The fourth-order valence-corrected chi connectivity index (χ4v) is 5.67. The standard InChI is InChI=1S/C42H28N6/c1-3-11-30(12-4-1)40-46-41(31-13-5-2-6-14-31)48-42(47-40)35-18-10-16-33(26-35)32-15-9-17-34(25-32)36-27-38(29-20-23-43-24-21-29)45-39(28-36)37-19-7-8-22-44-37/h1-28H. The summed E-state index contributed by atoms with van der Waals surface area (Å²) in [5.41, 5.74) is 10.5. The lowest BCUT2D eigenvalue weighted by Gasteiger charge is -2.12. The maximum absolute atomic E-state index is 4.97. The Bertz CT molecular complexity index is 2040. The van der Waals surface area contributed by atoms with Crippen molar-refractivity contribution in [3.05, 3.63) is 170 Å². The fourth-order valence-electron chi connectivity index (χ4n) is 5.67. The Kier molecular flexibility index (Phi) is 7.79. The van der Waals surface area contributed by atoms with Crippen molar-refractivity contribution in [2.45, 2.75) is 0 Å². The van der Waals surface area contributed by atoms with Gasteiger partial charge in [0.15, 0.2) is 17.5 Å². The molecule has 6 heteroatoms. The quantitative estimate of drug-likeness (QED) is 0.177. The number of aromatic nitrogens is 6. The molecule has 8 rings (SSSR count). The molecule has 0 N–H and O–H groups in total. The van der Waals surface area contributed by atoms with Crippen molar-refractivity contribution in [1.29, 1.82) is 0 Å². The molecule has 0 fully saturated rings. The van der Waals surface area contributed by atoms with Gasteiger partial charge >= 0.3 is 0 Å². The molecule has 0 atom stereocenters. The molecule has 0 amide bonds. The third kappa shape index (κ3) is 6.10. The lowest BCUT2D eigenvalue weighted by molar-refractivity contribution is 1.07. The monoisotopic (exact) mass is 616 g/mol. The molecule has 226 valence electrons. The van der Waals surface area contributed by atoms with Gasteiger partial charge in [-0.05, 0) is 70.8 Å². The van der Waals surface area contributed by atoms with Gasteiger partial charge in [-0.1, -0.05) is 103 Å². The summed E-state index contributed by atoms with van der Waals surface area (Å²) in [5.74, 6) is 1.90. The Morgan fingerprint density at radius 2 is 0.771 bits per heavy atom. The van der Waals surface area contributed by atoms with E-state index in [4.69, 9.17) is 19.9 Å². The minimum absolute atomic E-state index is 0.622. The van der Waals surface area contributed by atoms with E-state index < -0.39 is 0 Å². The molecule has 0 bridgehead atoms. The van der Waals surface area contributed by atoms with Gasteiger partial charge in [0, 0.05) is 40.8 Å². The van der Waals surface area contributed by atoms with Gasteiger partial charge in [0.2, 0.25) is 0 Å². The molecule has 8 aromatic rings. The van der Waals surface area contributed by atoms with Crippen LogP contribution in [-0.4, -0.2) is 29.9 Å². The molecule has 0 saturated carbocycles. The zero-order valence-corrected chi connectivity index (χ0v) is 25.8. The normalized spacial score (nSPS) is 10.9. The Balaban J connectivity index is 1.21. The van der Waals surface area contributed by atoms with Crippen LogP contribution in [0, 0.1) is 0 Å². The summed E-state index contributed by atoms with van der Waals surface area (Å²) in [4.78, 5) is 28.5. The van der Waals surface area contributed by atoms with Crippen molar-refractivity contribution in [1.82, 2.24) is 29.9 Å². The van der Waals surface area contributed by atoms with Gasteiger partial charge in [-0.3, -0.25) is 9.97 Å². The van der Waals surface area contributed by atoms with Crippen LogP contribution < -0.4 is 0 Å². The summed E-state index contributed by atoms with van der Waals surface area (Å²) in [7, 11) is 0. The molecular weight excluding hydrogens is 589 g/mol. The molecule has 0 unspecified atom stereocenters. The van der Waals surface area contributed by atoms with Gasteiger partial charge in [-0.25, -0.2) is 19.9 Å². The van der Waals surface area contributed by atoms with E-state index in [0.29, 0.717) is 17.5 Å². The van der Waals surface area contributed by atoms with Crippen LogP contribution in [0.1, 0.15) is 0 Å². The number of hydrogen-bond acceptors (Lipinski definition) is 6.